The lowest BCUT2D eigenvalue weighted by Gasteiger charge is -2.21. The standard InChI is InChI=1S/C12H13ClO6/c1-17-6-3-7(18-2)9(13)10-8(6)11(16)12(4-14,5-15)19-10/h3,14-15H,4-5H2,1-2H3. The maximum atomic E-state index is 12.3. The lowest BCUT2D eigenvalue weighted by molar-refractivity contribution is -0.00590. The van der Waals surface area contributed by atoms with Crippen molar-refractivity contribution in [1.82, 2.24) is 0 Å². The second-order valence-electron chi connectivity index (χ2n) is 4.04. The van der Waals surface area contributed by atoms with Crippen molar-refractivity contribution in [3.8, 4) is 17.2 Å². The van der Waals surface area contributed by atoms with Crippen LogP contribution in [0.25, 0.3) is 0 Å². The Balaban J connectivity index is 2.67. The monoisotopic (exact) mass is 288 g/mol. The third-order valence-electron chi connectivity index (χ3n) is 3.04. The summed E-state index contributed by atoms with van der Waals surface area (Å²) in [5.41, 5.74) is -1.64. The van der Waals surface area contributed by atoms with E-state index in [0.29, 0.717) is 0 Å². The van der Waals surface area contributed by atoms with Gasteiger partial charge in [0.05, 0.1) is 27.4 Å². The number of halogens is 1. The highest BCUT2D eigenvalue weighted by atomic mass is 35.5. The maximum absolute atomic E-state index is 12.3. The Labute approximate surface area is 114 Å². The van der Waals surface area contributed by atoms with Gasteiger partial charge in [0.1, 0.15) is 22.1 Å². The largest absolute Gasteiger partial charge is 0.496 e. The topological polar surface area (TPSA) is 85.2 Å². The number of benzene rings is 1. The molecule has 0 fully saturated rings. The maximum Gasteiger partial charge on any atom is 0.218 e. The zero-order chi connectivity index (χ0) is 14.2. The molecule has 0 radical (unpaired) electrons. The fraction of sp³-hybridized carbons (Fsp3) is 0.417. The molecule has 1 aliphatic heterocycles. The summed E-state index contributed by atoms with van der Waals surface area (Å²) in [4.78, 5) is 12.3. The molecule has 7 heteroatoms. The van der Waals surface area contributed by atoms with Crippen molar-refractivity contribution in [2.75, 3.05) is 27.4 Å². The van der Waals surface area contributed by atoms with Crippen LogP contribution in [0.1, 0.15) is 10.4 Å². The second-order valence-corrected chi connectivity index (χ2v) is 4.42. The van der Waals surface area contributed by atoms with Gasteiger partial charge in [-0.15, -0.1) is 0 Å². The normalized spacial score (nSPS) is 15.9. The van der Waals surface area contributed by atoms with Crippen molar-refractivity contribution in [1.29, 1.82) is 0 Å². The molecule has 0 aromatic heterocycles. The molecule has 0 saturated carbocycles. The predicted molar refractivity (Wildman–Crippen MR) is 66.4 cm³/mol. The van der Waals surface area contributed by atoms with E-state index in [-0.39, 0.29) is 27.8 Å². The first-order valence-corrected chi connectivity index (χ1v) is 5.82. The van der Waals surface area contributed by atoms with Crippen molar-refractivity contribution in [2.45, 2.75) is 5.60 Å². The van der Waals surface area contributed by atoms with Gasteiger partial charge in [0, 0.05) is 6.07 Å². The molecule has 1 aromatic carbocycles. The lowest BCUT2D eigenvalue weighted by Crippen LogP contribution is -2.47. The van der Waals surface area contributed by atoms with Gasteiger partial charge >= 0.3 is 0 Å². The van der Waals surface area contributed by atoms with Crippen LogP contribution >= 0.6 is 11.6 Å². The summed E-state index contributed by atoms with van der Waals surface area (Å²) in [5, 5.41) is 18.7. The minimum absolute atomic E-state index is 0.0472. The Morgan fingerprint density at radius 2 is 1.84 bits per heavy atom. The molecule has 0 saturated heterocycles. The van der Waals surface area contributed by atoms with Crippen LogP contribution in [-0.4, -0.2) is 49.0 Å². The van der Waals surface area contributed by atoms with Gasteiger partial charge < -0.3 is 24.4 Å². The molecular formula is C12H13ClO6. The first-order chi connectivity index (χ1) is 9.04. The summed E-state index contributed by atoms with van der Waals surface area (Å²) in [5.74, 6) is -0.0401. The highest BCUT2D eigenvalue weighted by Gasteiger charge is 2.50. The van der Waals surface area contributed by atoms with Crippen molar-refractivity contribution < 1.29 is 29.2 Å². The van der Waals surface area contributed by atoms with E-state index in [4.69, 9.17) is 25.8 Å². The van der Waals surface area contributed by atoms with Crippen LogP contribution < -0.4 is 14.2 Å². The number of fused-ring (bicyclic) bond motifs is 1. The summed E-state index contributed by atoms with van der Waals surface area (Å²) < 4.78 is 15.5. The molecule has 2 rings (SSSR count). The zero-order valence-electron chi connectivity index (χ0n) is 10.4. The van der Waals surface area contributed by atoms with E-state index < -0.39 is 24.6 Å². The van der Waals surface area contributed by atoms with E-state index in [9.17, 15) is 15.0 Å². The highest BCUT2D eigenvalue weighted by molar-refractivity contribution is 6.35. The lowest BCUT2D eigenvalue weighted by atomic mass is 9.96. The molecule has 1 aliphatic rings. The van der Waals surface area contributed by atoms with E-state index in [1.165, 1.54) is 20.3 Å². The van der Waals surface area contributed by atoms with Gasteiger partial charge in [-0.25, -0.2) is 0 Å². The molecule has 0 spiro atoms. The number of hydrogen-bond acceptors (Lipinski definition) is 6. The first-order valence-electron chi connectivity index (χ1n) is 5.44. The third kappa shape index (κ3) is 1.83. The van der Waals surface area contributed by atoms with E-state index >= 15 is 0 Å². The number of rotatable bonds is 4. The Kier molecular flexibility index (Phi) is 3.58. The van der Waals surface area contributed by atoms with Crippen LogP contribution in [0.3, 0.4) is 0 Å². The number of hydrogen-bond donors (Lipinski definition) is 2. The van der Waals surface area contributed by atoms with Crippen LogP contribution in [0.4, 0.5) is 0 Å². The number of ether oxygens (including phenoxy) is 3. The van der Waals surface area contributed by atoms with Gasteiger partial charge in [-0.1, -0.05) is 11.6 Å². The van der Waals surface area contributed by atoms with Crippen molar-refractivity contribution in [3.63, 3.8) is 0 Å². The Bertz CT molecular complexity index is 523. The van der Waals surface area contributed by atoms with Crippen LogP contribution in [0.15, 0.2) is 6.07 Å². The molecule has 1 aromatic rings. The van der Waals surface area contributed by atoms with Gasteiger partial charge in [-0.05, 0) is 0 Å². The minimum atomic E-state index is -1.73. The van der Waals surface area contributed by atoms with E-state index in [0.717, 1.165) is 0 Å². The van der Waals surface area contributed by atoms with Crippen LogP contribution in [-0.2, 0) is 0 Å². The van der Waals surface area contributed by atoms with Crippen molar-refractivity contribution in [3.05, 3.63) is 16.7 Å². The molecule has 0 aliphatic carbocycles. The molecule has 0 bridgehead atoms. The zero-order valence-corrected chi connectivity index (χ0v) is 11.2. The molecule has 0 amide bonds. The SMILES string of the molecule is COc1cc(OC)c2c(c1Cl)OC(CO)(CO)C2=O. The molecule has 0 unspecified atom stereocenters. The summed E-state index contributed by atoms with van der Waals surface area (Å²) in [7, 11) is 2.79. The summed E-state index contributed by atoms with van der Waals surface area (Å²) in [6.45, 7) is -1.34. The number of aliphatic hydroxyl groups excluding tert-OH is 2. The average Bonchev–Trinajstić information content (AvgIpc) is 2.74. The van der Waals surface area contributed by atoms with Gasteiger partial charge in [0.25, 0.3) is 0 Å². The number of ketones is 1. The smallest absolute Gasteiger partial charge is 0.218 e. The van der Waals surface area contributed by atoms with E-state index in [1.807, 2.05) is 0 Å². The van der Waals surface area contributed by atoms with Gasteiger partial charge in [-0.2, -0.15) is 0 Å². The van der Waals surface area contributed by atoms with Gasteiger partial charge in [0.2, 0.25) is 11.4 Å². The number of methoxy groups -OCH3 is 2. The number of carbonyl (C=O) groups excluding carboxylic acids is 1. The van der Waals surface area contributed by atoms with Gasteiger partial charge in [0.15, 0.2) is 5.75 Å². The van der Waals surface area contributed by atoms with Crippen LogP contribution in [0.5, 0.6) is 17.2 Å². The molecular weight excluding hydrogens is 276 g/mol. The van der Waals surface area contributed by atoms with E-state index in [1.54, 1.807) is 0 Å². The molecule has 0 atom stereocenters. The quantitative estimate of drug-likeness (QED) is 0.846. The minimum Gasteiger partial charge on any atom is -0.496 e. The Morgan fingerprint density at radius 3 is 2.32 bits per heavy atom. The fourth-order valence-electron chi connectivity index (χ4n) is 1.94. The molecule has 2 N–H and O–H groups in total. The highest BCUT2D eigenvalue weighted by Crippen LogP contribution is 2.49. The fourth-order valence-corrected chi connectivity index (χ4v) is 2.20. The van der Waals surface area contributed by atoms with E-state index in [2.05, 4.69) is 0 Å². The number of aliphatic hydroxyl groups is 2. The van der Waals surface area contributed by atoms with Crippen molar-refractivity contribution >= 4 is 17.4 Å². The van der Waals surface area contributed by atoms with Gasteiger partial charge in [-0.3, -0.25) is 4.79 Å². The average molecular weight is 289 g/mol. The van der Waals surface area contributed by atoms with Crippen LogP contribution in [0, 0.1) is 0 Å². The van der Waals surface area contributed by atoms with Crippen molar-refractivity contribution in [2.24, 2.45) is 0 Å². The summed E-state index contributed by atoms with van der Waals surface area (Å²) >= 11 is 6.07. The molecule has 104 valence electrons. The summed E-state index contributed by atoms with van der Waals surface area (Å²) in [6.07, 6.45) is 0. The third-order valence-corrected chi connectivity index (χ3v) is 3.40. The predicted octanol–water partition coefficient (Wildman–Crippen LogP) is 0.656. The number of carbonyl (C=O) groups is 1. The Morgan fingerprint density at radius 1 is 1.26 bits per heavy atom. The molecule has 19 heavy (non-hydrogen) atoms. The first kappa shape index (κ1) is 13.9. The summed E-state index contributed by atoms with van der Waals surface area (Å²) in [6, 6.07) is 1.45. The van der Waals surface area contributed by atoms with Crippen LogP contribution in [0.2, 0.25) is 5.02 Å². The molecule has 6 nitrogen and oxygen atoms in total. The molecule has 1 heterocycles. The number of Topliss-reactive ketones (excluding diaryl/α,β-unsaturated/α-hetero) is 1. The second kappa shape index (κ2) is 4.88. The Hall–Kier alpha value is -1.50.